The molecule has 0 fully saturated rings. The number of rotatable bonds is 3. The van der Waals surface area contributed by atoms with Crippen molar-refractivity contribution in [3.05, 3.63) is 60.7 Å². The van der Waals surface area contributed by atoms with E-state index in [0.29, 0.717) is 22.3 Å². The summed E-state index contributed by atoms with van der Waals surface area (Å²) in [6, 6.07) is 19.8. The van der Waals surface area contributed by atoms with Gasteiger partial charge in [0, 0.05) is 23.1 Å². The van der Waals surface area contributed by atoms with E-state index in [1.807, 2.05) is 57.2 Å². The van der Waals surface area contributed by atoms with Crippen LogP contribution >= 0.6 is 7.37 Å². The van der Waals surface area contributed by atoms with E-state index in [9.17, 15) is 4.57 Å². The van der Waals surface area contributed by atoms with Gasteiger partial charge in [-0.25, -0.2) is 4.98 Å². The van der Waals surface area contributed by atoms with Crippen molar-refractivity contribution >= 4 is 34.5 Å². The maximum atomic E-state index is 13.4. The van der Waals surface area contributed by atoms with Crippen molar-refractivity contribution in [3.8, 4) is 11.5 Å². The molecule has 1 unspecified atom stereocenters. The maximum Gasteiger partial charge on any atom is 0.237 e. The van der Waals surface area contributed by atoms with Crippen LogP contribution in [0.5, 0.6) is 0 Å². The van der Waals surface area contributed by atoms with Crippen molar-refractivity contribution in [2.24, 2.45) is 0 Å². The Balaban J connectivity index is 1.82. The Morgan fingerprint density at radius 1 is 0.963 bits per heavy atom. The van der Waals surface area contributed by atoms with Gasteiger partial charge >= 0.3 is 0 Å². The van der Waals surface area contributed by atoms with E-state index in [1.165, 1.54) is 12.5 Å². The smallest absolute Gasteiger partial charge is 0.237 e. The molecule has 1 aromatic heterocycles. The van der Waals surface area contributed by atoms with Gasteiger partial charge in [-0.3, -0.25) is 4.57 Å². The summed E-state index contributed by atoms with van der Waals surface area (Å²) in [7, 11) is -1.52. The number of fused-ring (bicyclic) bond motifs is 2. The largest absolute Gasteiger partial charge is 0.436 e. The highest BCUT2D eigenvalue weighted by Gasteiger charge is 2.39. The normalized spacial score (nSPS) is 14.5. The summed E-state index contributed by atoms with van der Waals surface area (Å²) < 4.78 is 24.8. The van der Waals surface area contributed by atoms with Gasteiger partial charge in [0.05, 0.1) is 0 Å². The Kier molecular flexibility index (Phi) is 4.21. The predicted molar refractivity (Wildman–Crippen MR) is 111 cm³/mol. The van der Waals surface area contributed by atoms with Gasteiger partial charge in [-0.05, 0) is 41.1 Å². The van der Waals surface area contributed by atoms with E-state index in [2.05, 4.69) is 29.2 Å². The van der Waals surface area contributed by atoms with E-state index < -0.39 is 12.5 Å². The van der Waals surface area contributed by atoms with E-state index in [1.54, 1.807) is 0 Å². The standard InChI is InChI=1S/C22H22NO3P/c1-22(2,3)27(24,25-4)18-11-12-20-19(14-18)23-21(26-20)17-10-9-15-7-5-6-8-16(15)13-17/h5-14H,1-4H3. The van der Waals surface area contributed by atoms with Crippen LogP contribution in [0.2, 0.25) is 0 Å². The Morgan fingerprint density at radius 2 is 1.70 bits per heavy atom. The number of aromatic nitrogens is 1. The molecule has 0 bridgehead atoms. The molecule has 0 aliphatic heterocycles. The first-order valence-corrected chi connectivity index (χ1v) is 10.5. The molecule has 0 aliphatic rings. The van der Waals surface area contributed by atoms with Gasteiger partial charge in [0.15, 0.2) is 5.58 Å². The molecule has 0 saturated carbocycles. The molecule has 27 heavy (non-hydrogen) atoms. The molecular weight excluding hydrogens is 357 g/mol. The second-order valence-corrected chi connectivity index (χ2v) is 11.0. The van der Waals surface area contributed by atoms with Crippen LogP contribution in [0, 0.1) is 0 Å². The summed E-state index contributed by atoms with van der Waals surface area (Å²) in [5.74, 6) is 0.552. The summed E-state index contributed by atoms with van der Waals surface area (Å²) in [5, 5.41) is 2.46. The fourth-order valence-electron chi connectivity index (χ4n) is 3.31. The van der Waals surface area contributed by atoms with Crippen LogP contribution in [0.3, 0.4) is 0 Å². The highest BCUT2D eigenvalue weighted by molar-refractivity contribution is 7.68. The number of oxazole rings is 1. The van der Waals surface area contributed by atoms with Crippen LogP contribution in [-0.4, -0.2) is 17.2 Å². The molecule has 0 radical (unpaired) electrons. The molecule has 4 rings (SSSR count). The van der Waals surface area contributed by atoms with Gasteiger partial charge in [0.25, 0.3) is 0 Å². The molecular formula is C22H22NO3P. The fraction of sp³-hybridized carbons (Fsp3) is 0.227. The molecule has 138 valence electrons. The predicted octanol–water partition coefficient (Wildman–Crippen LogP) is 6.00. The zero-order valence-electron chi connectivity index (χ0n) is 15.9. The first-order chi connectivity index (χ1) is 12.8. The van der Waals surface area contributed by atoms with E-state index in [4.69, 9.17) is 8.94 Å². The van der Waals surface area contributed by atoms with Crippen LogP contribution in [0.1, 0.15) is 20.8 Å². The van der Waals surface area contributed by atoms with Crippen molar-refractivity contribution in [1.29, 1.82) is 0 Å². The van der Waals surface area contributed by atoms with Gasteiger partial charge in [0.2, 0.25) is 13.3 Å². The molecule has 0 N–H and O–H groups in total. The van der Waals surface area contributed by atoms with Crippen LogP contribution < -0.4 is 5.30 Å². The summed E-state index contributed by atoms with van der Waals surface area (Å²) in [6.07, 6.45) is 0. The SMILES string of the molecule is COP(=O)(c1ccc2oc(-c3ccc4ccccc4c3)nc2c1)C(C)(C)C. The Morgan fingerprint density at radius 3 is 2.41 bits per heavy atom. The summed E-state index contributed by atoms with van der Waals surface area (Å²) in [6.45, 7) is 5.76. The molecule has 5 heteroatoms. The van der Waals surface area contributed by atoms with Gasteiger partial charge in [-0.1, -0.05) is 51.1 Å². The number of nitrogens with zero attached hydrogens (tertiary/aromatic N) is 1. The lowest BCUT2D eigenvalue weighted by molar-refractivity contribution is 0.381. The minimum Gasteiger partial charge on any atom is -0.436 e. The van der Waals surface area contributed by atoms with Crippen molar-refractivity contribution in [1.82, 2.24) is 4.98 Å². The molecule has 3 aromatic carbocycles. The van der Waals surface area contributed by atoms with E-state index in [0.717, 1.165) is 10.9 Å². The van der Waals surface area contributed by atoms with Crippen molar-refractivity contribution in [2.75, 3.05) is 7.11 Å². The van der Waals surface area contributed by atoms with Gasteiger partial charge in [-0.2, -0.15) is 0 Å². The Labute approximate surface area is 158 Å². The van der Waals surface area contributed by atoms with Gasteiger partial charge in [0.1, 0.15) is 5.52 Å². The zero-order valence-corrected chi connectivity index (χ0v) is 16.8. The monoisotopic (exact) mass is 379 g/mol. The maximum absolute atomic E-state index is 13.4. The lowest BCUT2D eigenvalue weighted by Crippen LogP contribution is -2.24. The molecule has 0 amide bonds. The second-order valence-electron chi connectivity index (χ2n) is 7.64. The molecule has 4 nitrogen and oxygen atoms in total. The third-order valence-electron chi connectivity index (χ3n) is 4.85. The average molecular weight is 379 g/mol. The quantitative estimate of drug-likeness (QED) is 0.410. The van der Waals surface area contributed by atoms with Crippen LogP contribution in [0.4, 0.5) is 0 Å². The van der Waals surface area contributed by atoms with Crippen LogP contribution in [0.25, 0.3) is 33.3 Å². The first-order valence-electron chi connectivity index (χ1n) is 8.88. The van der Waals surface area contributed by atoms with Gasteiger partial charge < -0.3 is 8.94 Å². The summed E-state index contributed by atoms with van der Waals surface area (Å²) >= 11 is 0. The number of hydrogen-bond acceptors (Lipinski definition) is 4. The minimum absolute atomic E-state index is 0.500. The topological polar surface area (TPSA) is 52.3 Å². The summed E-state index contributed by atoms with van der Waals surface area (Å²) in [5.41, 5.74) is 2.26. The fourth-order valence-corrected chi connectivity index (χ4v) is 5.41. The lowest BCUT2D eigenvalue weighted by atomic mass is 10.1. The van der Waals surface area contributed by atoms with E-state index >= 15 is 0 Å². The highest BCUT2D eigenvalue weighted by atomic mass is 31.2. The minimum atomic E-state index is -3.02. The molecule has 1 heterocycles. The Bertz CT molecular complexity index is 1190. The molecule has 4 aromatic rings. The third kappa shape index (κ3) is 2.99. The molecule has 1 atom stereocenters. The lowest BCUT2D eigenvalue weighted by Gasteiger charge is -2.29. The molecule has 0 saturated heterocycles. The first kappa shape index (κ1) is 18.0. The molecule has 0 spiro atoms. The Hall–Kier alpha value is -2.42. The summed E-state index contributed by atoms with van der Waals surface area (Å²) in [4.78, 5) is 4.64. The highest BCUT2D eigenvalue weighted by Crippen LogP contribution is 2.57. The number of benzene rings is 3. The van der Waals surface area contributed by atoms with Crippen LogP contribution in [-0.2, 0) is 9.09 Å². The third-order valence-corrected chi connectivity index (χ3v) is 8.09. The van der Waals surface area contributed by atoms with E-state index in [-0.39, 0.29) is 0 Å². The van der Waals surface area contributed by atoms with Crippen molar-refractivity contribution < 1.29 is 13.5 Å². The molecule has 0 aliphatic carbocycles. The average Bonchev–Trinajstić information content (AvgIpc) is 3.09. The van der Waals surface area contributed by atoms with Crippen molar-refractivity contribution in [3.63, 3.8) is 0 Å². The van der Waals surface area contributed by atoms with Gasteiger partial charge in [-0.15, -0.1) is 0 Å². The van der Waals surface area contributed by atoms with Crippen LogP contribution in [0.15, 0.2) is 65.1 Å². The van der Waals surface area contributed by atoms with Crippen molar-refractivity contribution in [2.45, 2.75) is 25.9 Å². The zero-order chi connectivity index (χ0) is 19.2. The second kappa shape index (κ2) is 6.33. The number of hydrogen-bond donors (Lipinski definition) is 0.